The minimum atomic E-state index is -3.71. The van der Waals surface area contributed by atoms with E-state index in [-0.39, 0.29) is 29.8 Å². The van der Waals surface area contributed by atoms with Gasteiger partial charge in [0.2, 0.25) is 15.9 Å². The molecule has 1 aliphatic heterocycles. The zero-order chi connectivity index (χ0) is 24.1. The lowest BCUT2D eigenvalue weighted by atomic mass is 9.97. The van der Waals surface area contributed by atoms with Gasteiger partial charge in [-0.15, -0.1) is 11.8 Å². The quantitative estimate of drug-likeness (QED) is 0.401. The van der Waals surface area contributed by atoms with Gasteiger partial charge in [-0.2, -0.15) is 4.31 Å². The van der Waals surface area contributed by atoms with E-state index in [9.17, 15) is 17.6 Å². The van der Waals surface area contributed by atoms with E-state index in [1.807, 2.05) is 48.5 Å². The molecular weight excluding hydrogens is 495 g/mol. The van der Waals surface area contributed by atoms with Crippen molar-refractivity contribution >= 4 is 45.0 Å². The van der Waals surface area contributed by atoms with Crippen molar-refractivity contribution in [1.82, 2.24) is 4.31 Å². The molecule has 3 aromatic rings. The Morgan fingerprint density at radius 2 is 1.65 bits per heavy atom. The molecule has 3 aromatic carbocycles. The van der Waals surface area contributed by atoms with Crippen LogP contribution in [0.5, 0.6) is 0 Å². The number of carbonyl (C=O) groups is 1. The van der Waals surface area contributed by atoms with Crippen LogP contribution in [0.1, 0.15) is 18.4 Å². The van der Waals surface area contributed by atoms with Crippen LogP contribution in [0.3, 0.4) is 0 Å². The van der Waals surface area contributed by atoms with Crippen LogP contribution in [0.25, 0.3) is 0 Å². The van der Waals surface area contributed by atoms with Crippen LogP contribution >= 0.6 is 23.4 Å². The van der Waals surface area contributed by atoms with Crippen LogP contribution in [0.4, 0.5) is 10.1 Å². The molecule has 1 fully saturated rings. The van der Waals surface area contributed by atoms with E-state index in [2.05, 4.69) is 5.32 Å². The first-order valence-electron chi connectivity index (χ1n) is 10.9. The Bertz CT molecular complexity index is 1240. The Balaban J connectivity index is 1.35. The molecule has 0 unspecified atom stereocenters. The number of amides is 1. The maximum Gasteiger partial charge on any atom is 0.243 e. The van der Waals surface area contributed by atoms with E-state index in [0.29, 0.717) is 17.9 Å². The number of nitrogens with one attached hydrogen (secondary N) is 1. The summed E-state index contributed by atoms with van der Waals surface area (Å²) in [5, 5.41) is 3.72. The molecule has 5 nitrogen and oxygen atoms in total. The van der Waals surface area contributed by atoms with Gasteiger partial charge < -0.3 is 5.32 Å². The Morgan fingerprint density at radius 3 is 2.32 bits per heavy atom. The van der Waals surface area contributed by atoms with Gasteiger partial charge in [-0.25, -0.2) is 12.8 Å². The van der Waals surface area contributed by atoms with Gasteiger partial charge in [0, 0.05) is 34.7 Å². The topological polar surface area (TPSA) is 66.5 Å². The van der Waals surface area contributed by atoms with Gasteiger partial charge in [-0.1, -0.05) is 35.9 Å². The van der Waals surface area contributed by atoms with Gasteiger partial charge in [0.05, 0.1) is 10.6 Å². The molecule has 0 aromatic heterocycles. The van der Waals surface area contributed by atoms with Crippen molar-refractivity contribution < 1.29 is 17.6 Å². The fraction of sp³-hybridized carbons (Fsp3) is 0.240. The molecule has 0 bridgehead atoms. The number of thioether (sulfide) groups is 1. The van der Waals surface area contributed by atoms with Gasteiger partial charge in [0.1, 0.15) is 5.82 Å². The number of rotatable bonds is 7. The second kappa shape index (κ2) is 10.9. The Labute approximate surface area is 208 Å². The van der Waals surface area contributed by atoms with Crippen LogP contribution in [-0.2, 0) is 20.6 Å². The largest absolute Gasteiger partial charge is 0.325 e. The van der Waals surface area contributed by atoms with E-state index >= 15 is 0 Å². The maximum absolute atomic E-state index is 13.2. The summed E-state index contributed by atoms with van der Waals surface area (Å²) in [5.74, 6) is -0.141. The molecule has 0 radical (unpaired) electrons. The Morgan fingerprint density at radius 1 is 1.00 bits per heavy atom. The number of benzene rings is 3. The third-order valence-electron chi connectivity index (χ3n) is 5.73. The van der Waals surface area contributed by atoms with Crippen LogP contribution in [-0.4, -0.2) is 31.7 Å². The third kappa shape index (κ3) is 5.99. The van der Waals surface area contributed by atoms with Crippen molar-refractivity contribution in [2.24, 2.45) is 5.92 Å². The fourth-order valence-corrected chi connectivity index (χ4v) is 6.35. The highest BCUT2D eigenvalue weighted by atomic mass is 35.5. The first-order chi connectivity index (χ1) is 16.3. The average Bonchev–Trinajstić information content (AvgIpc) is 2.85. The summed E-state index contributed by atoms with van der Waals surface area (Å²) in [6.07, 6.45) is 0.846. The smallest absolute Gasteiger partial charge is 0.243 e. The molecular formula is C25H24ClFN2O3S2. The number of anilines is 1. The van der Waals surface area contributed by atoms with E-state index < -0.39 is 15.8 Å². The standard InChI is InChI=1S/C25H24ClFN2O3S2/c26-20-7-5-18(6-8-20)17-33-24-4-2-1-3-23(24)28-25(30)19-13-15-29(16-14-19)34(31,32)22-11-9-21(27)10-12-22/h1-12,19H,13-17H2,(H,28,30). The summed E-state index contributed by atoms with van der Waals surface area (Å²) in [7, 11) is -3.71. The monoisotopic (exact) mass is 518 g/mol. The Kier molecular flexibility index (Phi) is 7.93. The van der Waals surface area contributed by atoms with Gasteiger partial charge in [0.25, 0.3) is 0 Å². The first-order valence-corrected chi connectivity index (χ1v) is 13.7. The summed E-state index contributed by atoms with van der Waals surface area (Å²) in [6.45, 7) is 0.482. The maximum atomic E-state index is 13.2. The first kappa shape index (κ1) is 24.7. The number of halogens is 2. The lowest BCUT2D eigenvalue weighted by Crippen LogP contribution is -2.41. The molecule has 0 atom stereocenters. The summed E-state index contributed by atoms with van der Waals surface area (Å²) in [4.78, 5) is 14.0. The van der Waals surface area contributed by atoms with Crippen molar-refractivity contribution in [3.8, 4) is 0 Å². The Hall–Kier alpha value is -2.39. The number of nitrogens with zero attached hydrogens (tertiary/aromatic N) is 1. The van der Waals surface area contributed by atoms with E-state index in [4.69, 9.17) is 11.6 Å². The fourth-order valence-electron chi connectivity index (χ4n) is 3.79. The van der Waals surface area contributed by atoms with E-state index in [1.165, 1.54) is 16.4 Å². The average molecular weight is 519 g/mol. The van der Waals surface area contributed by atoms with Gasteiger partial charge in [-0.05, 0) is 66.9 Å². The van der Waals surface area contributed by atoms with Crippen LogP contribution < -0.4 is 5.32 Å². The number of hydrogen-bond acceptors (Lipinski definition) is 4. The molecule has 1 saturated heterocycles. The number of carbonyl (C=O) groups excluding carboxylic acids is 1. The summed E-state index contributed by atoms with van der Waals surface area (Å²) in [6, 6.07) is 20.1. The van der Waals surface area contributed by atoms with E-state index in [1.54, 1.807) is 11.8 Å². The van der Waals surface area contributed by atoms with Gasteiger partial charge in [0.15, 0.2) is 0 Å². The number of para-hydroxylation sites is 1. The summed E-state index contributed by atoms with van der Waals surface area (Å²) >= 11 is 7.58. The predicted molar refractivity (Wildman–Crippen MR) is 134 cm³/mol. The lowest BCUT2D eigenvalue weighted by Gasteiger charge is -2.30. The minimum Gasteiger partial charge on any atom is -0.325 e. The molecule has 1 aliphatic rings. The molecule has 4 rings (SSSR count). The lowest BCUT2D eigenvalue weighted by molar-refractivity contribution is -0.120. The molecule has 0 saturated carbocycles. The SMILES string of the molecule is O=C(Nc1ccccc1SCc1ccc(Cl)cc1)C1CCN(S(=O)(=O)c2ccc(F)cc2)CC1. The zero-order valence-electron chi connectivity index (χ0n) is 18.3. The minimum absolute atomic E-state index is 0.0587. The van der Waals surface area contributed by atoms with Gasteiger partial charge in [-0.3, -0.25) is 4.79 Å². The molecule has 9 heteroatoms. The number of hydrogen-bond donors (Lipinski definition) is 1. The summed E-state index contributed by atoms with van der Waals surface area (Å²) < 4.78 is 40.1. The van der Waals surface area contributed by atoms with Crippen molar-refractivity contribution in [1.29, 1.82) is 0 Å². The highest BCUT2D eigenvalue weighted by molar-refractivity contribution is 7.98. The van der Waals surface area contributed by atoms with Gasteiger partial charge >= 0.3 is 0 Å². The van der Waals surface area contributed by atoms with Crippen LogP contribution in [0.15, 0.2) is 82.6 Å². The van der Waals surface area contributed by atoms with Crippen LogP contribution in [0.2, 0.25) is 5.02 Å². The van der Waals surface area contributed by atoms with Crippen molar-refractivity contribution in [3.63, 3.8) is 0 Å². The second-order valence-corrected chi connectivity index (χ2v) is 11.4. The molecule has 1 amide bonds. The number of sulfonamides is 1. The zero-order valence-corrected chi connectivity index (χ0v) is 20.7. The normalized spacial score (nSPS) is 15.2. The van der Waals surface area contributed by atoms with Crippen molar-refractivity contribution in [2.45, 2.75) is 28.4 Å². The van der Waals surface area contributed by atoms with Crippen molar-refractivity contribution in [2.75, 3.05) is 18.4 Å². The highest BCUT2D eigenvalue weighted by Gasteiger charge is 2.32. The number of piperidine rings is 1. The third-order valence-corrected chi connectivity index (χ3v) is 9.04. The van der Waals surface area contributed by atoms with E-state index in [0.717, 1.165) is 34.0 Å². The molecule has 34 heavy (non-hydrogen) atoms. The highest BCUT2D eigenvalue weighted by Crippen LogP contribution is 2.31. The van der Waals surface area contributed by atoms with Crippen molar-refractivity contribution in [3.05, 3.63) is 89.2 Å². The predicted octanol–water partition coefficient (Wildman–Crippen LogP) is 5.81. The second-order valence-electron chi connectivity index (χ2n) is 8.03. The molecule has 1 heterocycles. The molecule has 1 N–H and O–H groups in total. The molecule has 0 spiro atoms. The summed E-state index contributed by atoms with van der Waals surface area (Å²) in [5.41, 5.74) is 1.87. The molecule has 178 valence electrons. The van der Waals surface area contributed by atoms with Crippen LogP contribution in [0, 0.1) is 11.7 Å². The molecule has 0 aliphatic carbocycles.